The molecule has 0 saturated carbocycles. The molecule has 0 bridgehead atoms. The van der Waals surface area contributed by atoms with Crippen LogP contribution in [0.1, 0.15) is 38.4 Å². The van der Waals surface area contributed by atoms with E-state index in [9.17, 15) is 9.90 Å². The number of aryl methyl sites for hydroxylation is 1. The van der Waals surface area contributed by atoms with Crippen LogP contribution in [0, 0.1) is 6.92 Å². The molecule has 26 heavy (non-hydrogen) atoms. The summed E-state index contributed by atoms with van der Waals surface area (Å²) in [7, 11) is 0. The minimum atomic E-state index is -0.915. The molecule has 0 aliphatic carbocycles. The summed E-state index contributed by atoms with van der Waals surface area (Å²) in [6.45, 7) is 4.05. The molecular weight excluding hydrogens is 328 g/mol. The average Bonchev–Trinajstić information content (AvgIpc) is 2.97. The molecule has 0 aliphatic heterocycles. The average molecular weight is 352 g/mol. The number of unbranched alkanes of at least 4 members (excludes halogenated alkanes) is 2. The van der Waals surface area contributed by atoms with E-state index in [4.69, 9.17) is 9.15 Å². The zero-order chi connectivity index (χ0) is 18.5. The normalized spacial score (nSPS) is 12.2. The molecule has 1 atom stereocenters. The van der Waals surface area contributed by atoms with Crippen LogP contribution >= 0.6 is 0 Å². The predicted molar refractivity (Wildman–Crippen MR) is 103 cm³/mol. The van der Waals surface area contributed by atoms with Gasteiger partial charge in [0.25, 0.3) is 0 Å². The first-order chi connectivity index (χ1) is 12.6. The molecule has 4 heteroatoms. The maximum absolute atomic E-state index is 11.4. The quantitative estimate of drug-likeness (QED) is 0.519. The number of carbonyl (C=O) groups is 1. The molecule has 1 aromatic heterocycles. The third-order valence-electron chi connectivity index (χ3n) is 4.54. The third kappa shape index (κ3) is 3.90. The van der Waals surface area contributed by atoms with Crippen molar-refractivity contribution < 1.29 is 19.1 Å². The highest BCUT2D eigenvalue weighted by atomic mass is 16.5. The lowest BCUT2D eigenvalue weighted by Crippen LogP contribution is -2.26. The van der Waals surface area contributed by atoms with Crippen LogP contribution < -0.4 is 4.74 Å². The number of hydrogen-bond donors (Lipinski definition) is 1. The van der Waals surface area contributed by atoms with Crippen molar-refractivity contribution in [2.45, 2.75) is 45.6 Å². The maximum atomic E-state index is 11.4. The first kappa shape index (κ1) is 18.1. The second kappa shape index (κ2) is 8.09. The topological polar surface area (TPSA) is 59.7 Å². The highest BCUT2D eigenvalue weighted by Gasteiger charge is 2.19. The van der Waals surface area contributed by atoms with Crippen molar-refractivity contribution in [2.75, 3.05) is 0 Å². The van der Waals surface area contributed by atoms with Crippen LogP contribution in [-0.2, 0) is 4.79 Å². The molecule has 0 spiro atoms. The summed E-state index contributed by atoms with van der Waals surface area (Å²) in [4.78, 5) is 11.4. The van der Waals surface area contributed by atoms with Gasteiger partial charge < -0.3 is 14.3 Å². The lowest BCUT2D eigenvalue weighted by molar-refractivity contribution is -0.145. The fraction of sp³-hybridized carbons (Fsp3) is 0.318. The summed E-state index contributed by atoms with van der Waals surface area (Å²) in [6.07, 6.45) is 2.64. The highest BCUT2D eigenvalue weighted by Crippen LogP contribution is 2.35. The Kier molecular flexibility index (Phi) is 5.61. The number of ether oxygens (including phenoxy) is 1. The van der Waals surface area contributed by atoms with Gasteiger partial charge in [-0.3, -0.25) is 0 Å². The largest absolute Gasteiger partial charge is 0.479 e. The number of hydrogen-bond acceptors (Lipinski definition) is 3. The molecule has 1 N–H and O–H groups in total. The second-order valence-electron chi connectivity index (χ2n) is 6.49. The number of fused-ring (bicyclic) bond motifs is 1. The van der Waals surface area contributed by atoms with Crippen molar-refractivity contribution in [1.29, 1.82) is 0 Å². The van der Waals surface area contributed by atoms with Crippen molar-refractivity contribution >= 4 is 16.9 Å². The van der Waals surface area contributed by atoms with Gasteiger partial charge in [0.2, 0.25) is 0 Å². The van der Waals surface area contributed by atoms with Crippen LogP contribution in [-0.4, -0.2) is 17.2 Å². The smallest absolute Gasteiger partial charge is 0.344 e. The lowest BCUT2D eigenvalue weighted by Gasteiger charge is -2.15. The molecule has 2 aromatic carbocycles. The molecular formula is C22H24O4. The molecule has 3 aromatic rings. The molecule has 0 saturated heterocycles. The molecule has 0 radical (unpaired) electrons. The van der Waals surface area contributed by atoms with E-state index in [-0.39, 0.29) is 0 Å². The fourth-order valence-corrected chi connectivity index (χ4v) is 3.20. The minimum absolute atomic E-state index is 0.524. The molecule has 0 fully saturated rings. The Balaban J connectivity index is 1.79. The number of rotatable bonds is 8. The Bertz CT molecular complexity index is 877. The first-order valence-corrected chi connectivity index (χ1v) is 9.08. The number of aliphatic carboxylic acids is 1. The van der Waals surface area contributed by atoms with Crippen molar-refractivity contribution in [3.05, 3.63) is 54.3 Å². The van der Waals surface area contributed by atoms with Crippen molar-refractivity contribution in [2.24, 2.45) is 0 Å². The summed E-state index contributed by atoms with van der Waals surface area (Å²) in [5.41, 5.74) is 2.95. The van der Waals surface area contributed by atoms with Crippen molar-refractivity contribution in [3.8, 4) is 16.9 Å². The van der Waals surface area contributed by atoms with E-state index >= 15 is 0 Å². The SMILES string of the molecule is CCCCCC(Oc1ccc(-c2c(C)oc3ccccc23)cc1)C(=O)O. The first-order valence-electron chi connectivity index (χ1n) is 9.08. The summed E-state index contributed by atoms with van der Waals surface area (Å²) >= 11 is 0. The maximum Gasteiger partial charge on any atom is 0.344 e. The molecule has 0 amide bonds. The van der Waals surface area contributed by atoms with Crippen molar-refractivity contribution in [1.82, 2.24) is 0 Å². The Morgan fingerprint density at radius 2 is 1.85 bits per heavy atom. The molecule has 136 valence electrons. The van der Waals surface area contributed by atoms with Crippen LogP contribution in [0.25, 0.3) is 22.1 Å². The fourth-order valence-electron chi connectivity index (χ4n) is 3.20. The second-order valence-corrected chi connectivity index (χ2v) is 6.49. The summed E-state index contributed by atoms with van der Waals surface area (Å²) in [5.74, 6) is 0.521. The standard InChI is InChI=1S/C22H24O4/c1-3-4-5-10-20(22(23)24)26-17-13-11-16(12-14-17)21-15(2)25-19-9-7-6-8-18(19)21/h6-9,11-14,20H,3-5,10H2,1-2H3,(H,23,24). The minimum Gasteiger partial charge on any atom is -0.479 e. The monoisotopic (exact) mass is 352 g/mol. The van der Waals surface area contributed by atoms with E-state index in [0.29, 0.717) is 12.2 Å². The van der Waals surface area contributed by atoms with Crippen LogP contribution in [0.3, 0.4) is 0 Å². The number of para-hydroxylation sites is 1. The number of carboxylic acids is 1. The van der Waals surface area contributed by atoms with E-state index in [0.717, 1.165) is 47.1 Å². The van der Waals surface area contributed by atoms with Crippen LogP contribution in [0.5, 0.6) is 5.75 Å². The Hall–Kier alpha value is -2.75. The van der Waals surface area contributed by atoms with Gasteiger partial charge in [0, 0.05) is 10.9 Å². The zero-order valence-corrected chi connectivity index (χ0v) is 15.2. The summed E-state index contributed by atoms with van der Waals surface area (Å²) < 4.78 is 11.5. The van der Waals surface area contributed by atoms with Gasteiger partial charge in [0.05, 0.1) is 0 Å². The molecule has 1 unspecified atom stereocenters. The van der Waals surface area contributed by atoms with E-state index in [2.05, 4.69) is 6.92 Å². The molecule has 4 nitrogen and oxygen atoms in total. The highest BCUT2D eigenvalue weighted by molar-refractivity contribution is 5.95. The van der Waals surface area contributed by atoms with Crippen LogP contribution in [0.15, 0.2) is 52.9 Å². The Morgan fingerprint density at radius 3 is 2.54 bits per heavy atom. The number of furan rings is 1. The van der Waals surface area contributed by atoms with Gasteiger partial charge in [0.1, 0.15) is 17.1 Å². The van der Waals surface area contributed by atoms with E-state index in [1.807, 2.05) is 55.5 Å². The Labute approximate surface area is 153 Å². The lowest BCUT2D eigenvalue weighted by atomic mass is 10.0. The van der Waals surface area contributed by atoms with Gasteiger partial charge >= 0.3 is 5.97 Å². The van der Waals surface area contributed by atoms with Gasteiger partial charge in [-0.2, -0.15) is 0 Å². The zero-order valence-electron chi connectivity index (χ0n) is 15.2. The number of benzene rings is 2. The Morgan fingerprint density at radius 1 is 1.12 bits per heavy atom. The van der Waals surface area contributed by atoms with Gasteiger partial charge in [-0.25, -0.2) is 4.79 Å². The van der Waals surface area contributed by atoms with Gasteiger partial charge in [-0.05, 0) is 43.5 Å². The van der Waals surface area contributed by atoms with Gasteiger partial charge in [-0.1, -0.05) is 50.1 Å². The van der Waals surface area contributed by atoms with Gasteiger partial charge in [0.15, 0.2) is 6.10 Å². The predicted octanol–water partition coefficient (Wildman–Crippen LogP) is 5.82. The van der Waals surface area contributed by atoms with Gasteiger partial charge in [-0.15, -0.1) is 0 Å². The summed E-state index contributed by atoms with van der Waals surface area (Å²) in [6, 6.07) is 15.5. The summed E-state index contributed by atoms with van der Waals surface area (Å²) in [5, 5.41) is 10.4. The van der Waals surface area contributed by atoms with Crippen LogP contribution in [0.2, 0.25) is 0 Å². The van der Waals surface area contributed by atoms with E-state index in [1.54, 1.807) is 0 Å². The molecule has 3 rings (SSSR count). The third-order valence-corrected chi connectivity index (χ3v) is 4.54. The van der Waals surface area contributed by atoms with E-state index < -0.39 is 12.1 Å². The van der Waals surface area contributed by atoms with E-state index in [1.165, 1.54) is 0 Å². The van der Waals surface area contributed by atoms with Crippen molar-refractivity contribution in [3.63, 3.8) is 0 Å². The number of carboxylic acid groups (broad SMARTS) is 1. The molecule has 1 heterocycles. The molecule has 0 aliphatic rings. The van der Waals surface area contributed by atoms with Crippen LogP contribution in [0.4, 0.5) is 0 Å².